The maximum absolute atomic E-state index is 11.9. The van der Waals surface area contributed by atoms with Crippen LogP contribution in [0.4, 0.5) is 0 Å². The van der Waals surface area contributed by atoms with E-state index in [4.69, 9.17) is 47.4 Å². The van der Waals surface area contributed by atoms with Crippen LogP contribution in [-0.4, -0.2) is 126 Å². The fraction of sp³-hybridized carbons (Fsp3) is 0.273. The molecule has 30 nitrogen and oxygen atoms in total. The molecule has 450 valence electrons. The van der Waals surface area contributed by atoms with Gasteiger partial charge >= 0.3 is 296 Å². The molecule has 0 unspecified atom stereocenters. The van der Waals surface area contributed by atoms with Crippen molar-refractivity contribution in [1.82, 2.24) is 0 Å². The Morgan fingerprint density at radius 3 is 0.326 bits per heavy atom. The Morgan fingerprint density at radius 1 is 0.189 bits per heavy atom. The Kier molecular flexibility index (Phi) is 55.0. The summed E-state index contributed by atoms with van der Waals surface area (Å²) in [6.45, 7) is -11.9. The molecule has 5 aromatic rings. The molecule has 15 rings (SSSR count). The Hall–Kier alpha value is -1.20. The summed E-state index contributed by atoms with van der Waals surface area (Å²) in [6, 6.07) is 11.0. The van der Waals surface area contributed by atoms with Gasteiger partial charge in [0.25, 0.3) is 0 Å². The molecular weight excluding hydrogens is 1370 g/mol. The van der Waals surface area contributed by atoms with E-state index in [2.05, 4.69) is 0 Å². The van der Waals surface area contributed by atoms with E-state index in [0.29, 0.717) is 0 Å². The van der Waals surface area contributed by atoms with Crippen molar-refractivity contribution in [3.8, 4) is 57.5 Å². The van der Waals surface area contributed by atoms with Crippen molar-refractivity contribution in [2.75, 3.05) is 66.1 Å². The SMILES string of the molecule is O=C([O-])COc1cc2c(OCC(=O)[O-])cc1Cc1cc(OCC(=O)[O-])c(cc1OCC(=O)[O-])Cc1cc(OCC(=O)[O-])c(cc1OCC(=O)[O-])Cc1cc(OCC(=O)[O-])c(cc1OCC(=O)[O-])Cc1cc(OCC(=O)[O-])c(cc1OCC(=O)[O-])C2.[Na+].[Na+].[Na+].[Na+].[Na+].[Na+].[Na+].[Na+].[Na+].[Na+]. The first-order chi connectivity index (χ1) is 40.3. The number of hydrogen-bond donors (Lipinski definition) is 0. The van der Waals surface area contributed by atoms with Crippen molar-refractivity contribution in [1.29, 1.82) is 0 Å². The van der Waals surface area contributed by atoms with Crippen LogP contribution in [-0.2, 0) is 80.0 Å². The van der Waals surface area contributed by atoms with Crippen LogP contribution in [0.5, 0.6) is 57.5 Å². The van der Waals surface area contributed by atoms with Crippen LogP contribution in [0.25, 0.3) is 0 Å². The van der Waals surface area contributed by atoms with Crippen LogP contribution in [0.2, 0.25) is 0 Å². The van der Waals surface area contributed by atoms with Gasteiger partial charge in [-0.15, -0.1) is 0 Å². The van der Waals surface area contributed by atoms with Gasteiger partial charge in [0, 0.05) is 87.7 Å². The van der Waals surface area contributed by atoms with Crippen LogP contribution in [0.1, 0.15) is 55.6 Å². The maximum Gasteiger partial charge on any atom is 1.00 e. The molecule has 0 saturated carbocycles. The fourth-order valence-corrected chi connectivity index (χ4v) is 8.34. The number of carboxylic acids is 10. The molecule has 0 aliphatic heterocycles. The first-order valence-corrected chi connectivity index (χ1v) is 24.4. The molecule has 0 saturated heterocycles. The van der Waals surface area contributed by atoms with Crippen LogP contribution in [0.3, 0.4) is 0 Å². The second kappa shape index (κ2) is 51.0. The molecule has 5 aromatic carbocycles. The average molecular weight is 1410 g/mol. The number of aliphatic carboxylic acids is 10. The van der Waals surface area contributed by atoms with E-state index >= 15 is 0 Å². The van der Waals surface area contributed by atoms with Gasteiger partial charge in [0.15, 0.2) is 0 Å². The molecule has 0 spiro atoms. The van der Waals surface area contributed by atoms with Crippen molar-refractivity contribution in [3.63, 3.8) is 0 Å². The van der Waals surface area contributed by atoms with E-state index in [9.17, 15) is 99.0 Å². The summed E-state index contributed by atoms with van der Waals surface area (Å²) >= 11 is 0. The van der Waals surface area contributed by atoms with Crippen LogP contribution in [0, 0.1) is 0 Å². The van der Waals surface area contributed by atoms with Crippen molar-refractivity contribution in [2.24, 2.45) is 0 Å². The summed E-state index contributed by atoms with van der Waals surface area (Å²) in [7, 11) is 0. The van der Waals surface area contributed by atoms with Gasteiger partial charge < -0.3 is 146 Å². The minimum absolute atomic E-state index is 0. The molecule has 10 bridgehead atoms. The van der Waals surface area contributed by atoms with Crippen LogP contribution >= 0.6 is 0 Å². The predicted molar refractivity (Wildman–Crippen MR) is 251 cm³/mol. The van der Waals surface area contributed by atoms with Gasteiger partial charge in [-0.2, -0.15) is 0 Å². The summed E-state index contributed by atoms with van der Waals surface area (Å²) in [5.74, 6) is -21.8. The zero-order valence-electron chi connectivity index (χ0n) is 53.6. The van der Waals surface area contributed by atoms with E-state index in [0.717, 1.165) is 60.7 Å². The van der Waals surface area contributed by atoms with Gasteiger partial charge in [-0.25, -0.2) is 0 Å². The summed E-state index contributed by atoms with van der Waals surface area (Å²) in [4.78, 5) is 119. The number of rotatable bonds is 30. The number of ether oxygens (including phenoxy) is 10. The summed E-state index contributed by atoms with van der Waals surface area (Å²) in [6.07, 6.45) is -2.90. The maximum atomic E-state index is 11.9. The molecule has 40 heteroatoms. The first kappa shape index (κ1) is 102. The van der Waals surface area contributed by atoms with Gasteiger partial charge in [0.2, 0.25) is 0 Å². The van der Waals surface area contributed by atoms with Gasteiger partial charge in [-0.05, 0) is 60.7 Å². The third-order valence-electron chi connectivity index (χ3n) is 11.6. The zero-order valence-corrected chi connectivity index (χ0v) is 73.6. The quantitative estimate of drug-likeness (QED) is 0.0378. The molecule has 0 radical (unpaired) electrons. The number of carbonyl (C=O) groups is 10. The Morgan fingerprint density at radius 2 is 0.263 bits per heavy atom. The predicted octanol–water partition coefficient (Wildman–Crippen LogP) is -40.7. The van der Waals surface area contributed by atoms with Crippen molar-refractivity contribution in [3.05, 3.63) is 116 Å². The number of benzene rings is 5. The van der Waals surface area contributed by atoms with Gasteiger partial charge in [-0.3, -0.25) is 0 Å². The number of carbonyl (C=O) groups excluding carboxylic acids is 10. The second-order valence-corrected chi connectivity index (χ2v) is 17.8. The number of hydrogen-bond acceptors (Lipinski definition) is 30. The minimum Gasteiger partial charge on any atom is -0.546 e. The molecule has 0 N–H and O–H groups in total. The van der Waals surface area contributed by atoms with Crippen LogP contribution in [0.15, 0.2) is 60.7 Å². The largest absolute Gasteiger partial charge is 1.00 e. The van der Waals surface area contributed by atoms with Gasteiger partial charge in [0.1, 0.15) is 124 Å². The second-order valence-electron chi connectivity index (χ2n) is 17.8. The third-order valence-corrected chi connectivity index (χ3v) is 11.6. The average Bonchev–Trinajstić information content (AvgIpc) is 0.980. The molecule has 0 amide bonds. The summed E-state index contributed by atoms with van der Waals surface area (Å²) < 4.78 is 56.3. The van der Waals surface area contributed by atoms with E-state index in [1.54, 1.807) is 0 Å². The monoisotopic (exact) mass is 1410 g/mol. The zero-order chi connectivity index (χ0) is 62.1. The fourth-order valence-electron chi connectivity index (χ4n) is 8.34. The van der Waals surface area contributed by atoms with Crippen molar-refractivity contribution >= 4 is 59.7 Å². The van der Waals surface area contributed by atoms with Crippen molar-refractivity contribution < 1.29 is 442 Å². The molecule has 0 atom stereocenters. The Bertz CT molecular complexity index is 2740. The number of carboxylic acid groups (broad SMARTS) is 10. The molecule has 10 aliphatic rings. The molecule has 0 fully saturated rings. The molecular formula is C55H40Na10O30. The van der Waals surface area contributed by atoms with Crippen molar-refractivity contribution in [2.45, 2.75) is 32.1 Å². The van der Waals surface area contributed by atoms with E-state index in [1.165, 1.54) is 0 Å². The summed E-state index contributed by atoms with van der Waals surface area (Å²) in [5.41, 5.74) is -1.42. The van der Waals surface area contributed by atoms with Gasteiger partial charge in [0.05, 0.1) is 59.7 Å². The first-order valence-electron chi connectivity index (χ1n) is 24.4. The van der Waals surface area contributed by atoms with Crippen LogP contribution < -0.4 is 394 Å². The molecule has 95 heavy (non-hydrogen) atoms. The third kappa shape index (κ3) is 34.6. The molecule has 0 heterocycles. The molecule has 0 aromatic heterocycles. The summed E-state index contributed by atoms with van der Waals surface area (Å²) in [5, 5.41) is 119. The minimum atomic E-state index is -1.80. The Labute approximate surface area is 761 Å². The van der Waals surface area contributed by atoms with E-state index in [1.807, 2.05) is 0 Å². The topological polar surface area (TPSA) is 494 Å². The van der Waals surface area contributed by atoms with E-state index < -0.39 is 158 Å². The molecule has 10 aliphatic carbocycles. The smallest absolute Gasteiger partial charge is 0.546 e. The van der Waals surface area contributed by atoms with E-state index in [-0.39, 0.29) is 409 Å². The standard InChI is InChI=1S/C55H50O30.10Na/c56-46(57)16-76-36-8-28-2-30-10-42(82-22-52(68)69)32(12-40(30)80-20-50(64)65)4-34-14-45(85-25-55(74)75)35(15-44(34)84-24-54(72)73)5-33-13-41(81-21-51(66)67)31(11-43(33)83-23-53(70)71)3-29-9-37(77-17-47(58)59)27(7-39(29)79-19-49(62)63)1-26(36)6-38(28)78-18-48(60)61;;;;;;;;;;/h6-15H,1-5,16-25H2,(H,56,57)(H,58,59)(H,60,61)(H,62,63)(H,64,65)(H,66,67)(H,68,69)(H,70,71)(H,72,73)(H,74,75);;;;;;;;;;/q;10*+1/p-10. The van der Waals surface area contributed by atoms with Gasteiger partial charge in [-0.1, -0.05) is 0 Å². The normalized spacial score (nSPS) is 10.3. The Balaban J connectivity index is -0.00000270.